The molecule has 25 heavy (non-hydrogen) atoms. The van der Waals surface area contributed by atoms with Crippen LogP contribution in [0.25, 0.3) is 0 Å². The van der Waals surface area contributed by atoms with Gasteiger partial charge in [-0.2, -0.15) is 0 Å². The SMILES string of the molecule is Cc1noc(C)c1CN1CC[C@@H]2C[C@H](C(=O)N3CCOCC3)O[C@H]2C1. The van der Waals surface area contributed by atoms with Crippen molar-refractivity contribution in [1.82, 2.24) is 15.0 Å². The molecule has 7 heteroatoms. The molecule has 7 nitrogen and oxygen atoms in total. The molecular weight excluding hydrogens is 322 g/mol. The Morgan fingerprint density at radius 1 is 1.24 bits per heavy atom. The summed E-state index contributed by atoms with van der Waals surface area (Å²) < 4.78 is 16.8. The summed E-state index contributed by atoms with van der Waals surface area (Å²) in [7, 11) is 0. The zero-order valence-corrected chi connectivity index (χ0v) is 15.1. The van der Waals surface area contributed by atoms with Crippen molar-refractivity contribution in [1.29, 1.82) is 0 Å². The van der Waals surface area contributed by atoms with Crippen LogP contribution < -0.4 is 0 Å². The van der Waals surface area contributed by atoms with Crippen LogP contribution in [0, 0.1) is 19.8 Å². The quantitative estimate of drug-likeness (QED) is 0.815. The largest absolute Gasteiger partial charge is 0.378 e. The van der Waals surface area contributed by atoms with E-state index in [1.807, 2.05) is 18.7 Å². The fourth-order valence-corrected chi connectivity index (χ4v) is 4.24. The van der Waals surface area contributed by atoms with Gasteiger partial charge >= 0.3 is 0 Å². The first-order valence-electron chi connectivity index (χ1n) is 9.28. The fraction of sp³-hybridized carbons (Fsp3) is 0.778. The molecule has 1 amide bonds. The second-order valence-electron chi connectivity index (χ2n) is 7.42. The molecular formula is C18H27N3O4. The summed E-state index contributed by atoms with van der Waals surface area (Å²) in [6.07, 6.45) is 1.83. The molecule has 0 bridgehead atoms. The Morgan fingerprint density at radius 2 is 2.04 bits per heavy atom. The molecule has 0 radical (unpaired) electrons. The van der Waals surface area contributed by atoms with E-state index in [1.54, 1.807) is 0 Å². The standard InChI is InChI=1S/C18H27N3O4/c1-12-15(13(2)25-19-12)10-20-4-3-14-9-16(24-17(14)11-20)18(22)21-5-7-23-8-6-21/h14,16-17H,3-11H2,1-2H3/t14-,16-,17+/m1/s1. The van der Waals surface area contributed by atoms with Crippen molar-refractivity contribution in [3.63, 3.8) is 0 Å². The van der Waals surface area contributed by atoms with Crippen molar-refractivity contribution in [2.24, 2.45) is 5.92 Å². The molecule has 0 aliphatic carbocycles. The maximum atomic E-state index is 12.7. The predicted octanol–water partition coefficient (Wildman–Crippen LogP) is 1.13. The number of aromatic nitrogens is 1. The highest BCUT2D eigenvalue weighted by atomic mass is 16.5. The highest BCUT2D eigenvalue weighted by Gasteiger charge is 2.43. The van der Waals surface area contributed by atoms with E-state index in [0.29, 0.717) is 32.2 Å². The number of nitrogens with zero attached hydrogens (tertiary/aromatic N) is 3. The number of carbonyl (C=O) groups is 1. The van der Waals surface area contributed by atoms with Gasteiger partial charge in [-0.15, -0.1) is 0 Å². The van der Waals surface area contributed by atoms with Gasteiger partial charge in [0.05, 0.1) is 25.0 Å². The molecule has 4 heterocycles. The summed E-state index contributed by atoms with van der Waals surface area (Å²) in [6.45, 7) is 9.35. The second kappa shape index (κ2) is 7.05. The van der Waals surface area contributed by atoms with E-state index in [1.165, 1.54) is 5.56 Å². The van der Waals surface area contributed by atoms with Gasteiger partial charge in [-0.3, -0.25) is 9.69 Å². The van der Waals surface area contributed by atoms with Gasteiger partial charge in [0, 0.05) is 31.7 Å². The van der Waals surface area contributed by atoms with Crippen LogP contribution in [0.2, 0.25) is 0 Å². The van der Waals surface area contributed by atoms with Crippen LogP contribution >= 0.6 is 0 Å². The molecule has 0 saturated carbocycles. The zero-order chi connectivity index (χ0) is 17.4. The van der Waals surface area contributed by atoms with Gasteiger partial charge in [0.2, 0.25) is 0 Å². The Hall–Kier alpha value is -1.44. The number of carbonyl (C=O) groups excluding carboxylic acids is 1. The number of hydrogen-bond donors (Lipinski definition) is 0. The average molecular weight is 349 g/mol. The minimum atomic E-state index is -0.271. The first-order valence-corrected chi connectivity index (χ1v) is 9.28. The number of morpholine rings is 1. The van der Waals surface area contributed by atoms with Crippen molar-refractivity contribution in [3.8, 4) is 0 Å². The van der Waals surface area contributed by atoms with E-state index >= 15 is 0 Å². The lowest BCUT2D eigenvalue weighted by molar-refractivity contribution is -0.147. The summed E-state index contributed by atoms with van der Waals surface area (Å²) in [5.74, 6) is 1.54. The van der Waals surface area contributed by atoms with Crippen LogP contribution in [-0.4, -0.2) is 72.5 Å². The number of amides is 1. The lowest BCUT2D eigenvalue weighted by atomic mass is 9.91. The maximum Gasteiger partial charge on any atom is 0.251 e. The minimum Gasteiger partial charge on any atom is -0.378 e. The summed E-state index contributed by atoms with van der Waals surface area (Å²) >= 11 is 0. The smallest absolute Gasteiger partial charge is 0.251 e. The molecule has 138 valence electrons. The van der Waals surface area contributed by atoms with Crippen molar-refractivity contribution >= 4 is 5.91 Å². The molecule has 3 aliphatic rings. The number of aryl methyl sites for hydroxylation is 2. The highest BCUT2D eigenvalue weighted by Crippen LogP contribution is 2.34. The van der Waals surface area contributed by atoms with E-state index in [4.69, 9.17) is 14.0 Å². The van der Waals surface area contributed by atoms with Crippen LogP contribution in [0.1, 0.15) is 29.9 Å². The van der Waals surface area contributed by atoms with E-state index in [-0.39, 0.29) is 18.1 Å². The van der Waals surface area contributed by atoms with Crippen LogP contribution in [0.4, 0.5) is 0 Å². The number of piperidine rings is 1. The Bertz CT molecular complexity index is 606. The first-order chi connectivity index (χ1) is 12.1. The van der Waals surface area contributed by atoms with Crippen molar-refractivity contribution in [3.05, 3.63) is 17.0 Å². The van der Waals surface area contributed by atoms with Crippen molar-refractivity contribution in [2.75, 3.05) is 39.4 Å². The van der Waals surface area contributed by atoms with Gasteiger partial charge in [-0.25, -0.2) is 0 Å². The zero-order valence-electron chi connectivity index (χ0n) is 15.1. The van der Waals surface area contributed by atoms with Gasteiger partial charge in [0.15, 0.2) is 0 Å². The molecule has 3 atom stereocenters. The summed E-state index contributed by atoms with van der Waals surface area (Å²) in [5.41, 5.74) is 2.14. The molecule has 4 rings (SSSR count). The molecule has 0 unspecified atom stereocenters. The molecule has 3 fully saturated rings. The number of likely N-dealkylation sites (tertiary alicyclic amines) is 1. The van der Waals surface area contributed by atoms with Gasteiger partial charge in [0.25, 0.3) is 5.91 Å². The Morgan fingerprint density at radius 3 is 2.76 bits per heavy atom. The van der Waals surface area contributed by atoms with E-state index in [9.17, 15) is 4.79 Å². The van der Waals surface area contributed by atoms with E-state index < -0.39 is 0 Å². The third-order valence-electron chi connectivity index (χ3n) is 5.80. The molecule has 1 aromatic heterocycles. The maximum absolute atomic E-state index is 12.7. The number of fused-ring (bicyclic) bond motifs is 1. The third kappa shape index (κ3) is 3.45. The first kappa shape index (κ1) is 17.0. The third-order valence-corrected chi connectivity index (χ3v) is 5.80. The lowest BCUT2D eigenvalue weighted by Gasteiger charge is -2.34. The Labute approximate surface area is 148 Å². The molecule has 1 aromatic rings. The van der Waals surface area contributed by atoms with Crippen LogP contribution in [0.5, 0.6) is 0 Å². The number of ether oxygens (including phenoxy) is 2. The molecule has 3 saturated heterocycles. The van der Waals surface area contributed by atoms with Gasteiger partial charge in [-0.1, -0.05) is 5.16 Å². The van der Waals surface area contributed by atoms with Crippen LogP contribution in [-0.2, 0) is 20.8 Å². The Balaban J connectivity index is 1.35. The Kier molecular flexibility index (Phi) is 4.80. The molecule has 3 aliphatic heterocycles. The summed E-state index contributed by atoms with van der Waals surface area (Å²) in [4.78, 5) is 17.0. The van der Waals surface area contributed by atoms with Gasteiger partial charge in [-0.05, 0) is 39.2 Å². The molecule has 0 spiro atoms. The van der Waals surface area contributed by atoms with Crippen molar-refractivity contribution in [2.45, 2.75) is 45.4 Å². The van der Waals surface area contributed by atoms with Gasteiger partial charge < -0.3 is 18.9 Å². The normalized spacial score (nSPS) is 30.5. The summed E-state index contributed by atoms with van der Waals surface area (Å²) in [5, 5.41) is 4.04. The summed E-state index contributed by atoms with van der Waals surface area (Å²) in [6, 6.07) is 0. The molecule has 0 N–H and O–H groups in total. The van der Waals surface area contributed by atoms with E-state index in [2.05, 4.69) is 10.1 Å². The average Bonchev–Trinajstić information content (AvgIpc) is 3.20. The van der Waals surface area contributed by atoms with Crippen LogP contribution in [0.15, 0.2) is 4.52 Å². The number of hydrogen-bond acceptors (Lipinski definition) is 6. The molecule has 0 aromatic carbocycles. The second-order valence-corrected chi connectivity index (χ2v) is 7.42. The van der Waals surface area contributed by atoms with E-state index in [0.717, 1.165) is 43.9 Å². The van der Waals surface area contributed by atoms with Gasteiger partial charge in [0.1, 0.15) is 11.9 Å². The predicted molar refractivity (Wildman–Crippen MR) is 90.0 cm³/mol. The highest BCUT2D eigenvalue weighted by molar-refractivity contribution is 5.81. The minimum absolute atomic E-state index is 0.148. The fourth-order valence-electron chi connectivity index (χ4n) is 4.24. The van der Waals surface area contributed by atoms with Crippen LogP contribution in [0.3, 0.4) is 0 Å². The monoisotopic (exact) mass is 349 g/mol. The lowest BCUT2D eigenvalue weighted by Crippen LogP contribution is -2.46. The topological polar surface area (TPSA) is 68.0 Å². The van der Waals surface area contributed by atoms with Crippen molar-refractivity contribution < 1.29 is 18.8 Å². The number of rotatable bonds is 3.